The van der Waals surface area contributed by atoms with Gasteiger partial charge >= 0.3 is 0 Å². The van der Waals surface area contributed by atoms with Crippen LogP contribution in [0.15, 0.2) is 97.1 Å². The molecular weight excluding hydrogens is 1280 g/mol. The number of aliphatic hydroxyl groups is 7. The highest BCUT2D eigenvalue weighted by molar-refractivity contribution is 7.90. The monoisotopic (exact) mass is 1350 g/mol. The summed E-state index contributed by atoms with van der Waals surface area (Å²) in [4.78, 5) is 115. The highest BCUT2D eigenvalue weighted by Gasteiger charge is 2.50. The lowest BCUT2D eigenvalue weighted by Crippen LogP contribution is -2.64. The fraction of sp³-hybridized carbons (Fsp3) is 0.433. The Morgan fingerprint density at radius 3 is 1.97 bits per heavy atom. The van der Waals surface area contributed by atoms with Crippen LogP contribution in [0.5, 0.6) is 23.0 Å². The third-order valence-corrected chi connectivity index (χ3v) is 17.1. The van der Waals surface area contributed by atoms with Crippen LogP contribution in [0.3, 0.4) is 0 Å². The third-order valence-electron chi connectivity index (χ3n) is 15.7. The number of unbranched alkanes of at least 4 members (excludes halogenated alkanes) is 1. The molecule has 0 saturated carbocycles. The van der Waals surface area contributed by atoms with E-state index in [0.717, 1.165) is 59.1 Å². The van der Waals surface area contributed by atoms with Gasteiger partial charge in [-0.2, -0.15) is 0 Å². The molecule has 8 rings (SSSR count). The van der Waals surface area contributed by atoms with Crippen molar-refractivity contribution in [1.29, 1.82) is 0 Å². The summed E-state index contributed by atoms with van der Waals surface area (Å²) in [7, 11) is 0. The summed E-state index contributed by atoms with van der Waals surface area (Å²) in [5, 5.41) is 124. The van der Waals surface area contributed by atoms with Crippen molar-refractivity contribution < 1.29 is 107 Å². The number of ether oxygens (including phenoxy) is 2. The molecular formula is C60H72N10O22S2. The average molecular weight is 1350 g/mol. The number of nitrogens with one attached hydrogen (secondary N) is 5. The SMILES string of the molecule is CC(O)C1NC(=O)C(NC(=O)c2ccc(-c3nnc(-c4ccc(OCCCCOc5ccccc5)cc4)s3)cc2)CC(O)CNC(=O)C2C(O)C(C)CN2C(=O)C(C(O)CC(N)=O)NC(=O)C(C(O)C(O)c2ccc(O)c(OSOOO)c2)NC(=O)C2CC(O)CN2C1=O. The minimum absolute atomic E-state index is 0.0214. The van der Waals surface area contributed by atoms with E-state index < -0.39 is 183 Å². The van der Waals surface area contributed by atoms with Crippen LogP contribution in [0.1, 0.15) is 68.0 Å². The predicted molar refractivity (Wildman–Crippen MR) is 329 cm³/mol. The van der Waals surface area contributed by atoms with E-state index in [4.69, 9.17) is 24.6 Å². The molecule has 3 aliphatic heterocycles. The van der Waals surface area contributed by atoms with Crippen molar-refractivity contribution in [2.75, 3.05) is 32.8 Å². The van der Waals surface area contributed by atoms with Gasteiger partial charge in [-0.25, -0.2) is 5.26 Å². The second kappa shape index (κ2) is 33.0. The van der Waals surface area contributed by atoms with Crippen LogP contribution < -0.4 is 46.0 Å². The predicted octanol–water partition coefficient (Wildman–Crippen LogP) is -1.51. The first-order valence-corrected chi connectivity index (χ1v) is 31.1. The number of β-amino-alcohol motifs (C(OH)–C–C–N with tert-alkyl or cyclic N) is 1. The van der Waals surface area contributed by atoms with E-state index in [0.29, 0.717) is 34.5 Å². The number of aromatic hydroxyl groups is 1. The zero-order valence-corrected chi connectivity index (χ0v) is 52.0. The van der Waals surface area contributed by atoms with Gasteiger partial charge in [0.05, 0.1) is 50.2 Å². The van der Waals surface area contributed by atoms with Gasteiger partial charge in [0.25, 0.3) is 18.2 Å². The number of amides is 8. The minimum Gasteiger partial charge on any atom is -0.504 e. The van der Waals surface area contributed by atoms with E-state index in [1.54, 1.807) is 12.1 Å². The molecule has 0 spiro atoms. The zero-order chi connectivity index (χ0) is 67.9. The van der Waals surface area contributed by atoms with Crippen molar-refractivity contribution in [3.63, 3.8) is 0 Å². The van der Waals surface area contributed by atoms with Gasteiger partial charge in [-0.1, -0.05) is 64.0 Å². The Hall–Kier alpha value is -8.65. The van der Waals surface area contributed by atoms with E-state index >= 15 is 0 Å². The van der Waals surface area contributed by atoms with Gasteiger partial charge in [-0.3, -0.25) is 38.4 Å². The largest absolute Gasteiger partial charge is 0.504 e. The molecule has 1 aromatic heterocycles. The standard InChI is InChI=1S/C60H72N10O22S2/c1-29-27-70-48(49(29)77)56(84)62-26-35(72)23-39(63-52(80)31-10-12-32(13-11-31)57-67-68-58(93-57)33-14-17-38(18-15-33)89-21-7-6-20-88-37-8-4-3-5-9-37)53(81)64-45(30(2)71)59(85)69-28-36(73)24-40(69)54(82)66-47(55(83)65-46(60(70)86)42(75)25-44(61)76)51(79)50(78)34-16-19-41(74)43(22-34)90-94-92-91-87/h3-5,8-19,22,29-30,35-36,39-40,42,45-51,71-75,77-79,87H,6-7,20-21,23-28H2,1-2H3,(H2,61,76)(H,62,84)(H,63,80)(H,64,81)(H,65,83)(H,66,82). The number of carbonyl (C=O) groups excluding carboxylic acids is 8. The smallest absolute Gasteiger partial charge is 0.261 e. The van der Waals surface area contributed by atoms with E-state index in [1.807, 2.05) is 54.6 Å². The number of carbonyl (C=O) groups is 8. The molecule has 3 fully saturated rings. The van der Waals surface area contributed by atoms with E-state index in [-0.39, 0.29) is 23.5 Å². The fourth-order valence-corrected chi connectivity index (χ4v) is 11.8. The fourth-order valence-electron chi connectivity index (χ4n) is 10.7. The van der Waals surface area contributed by atoms with E-state index in [2.05, 4.69) is 46.2 Å². The molecule has 0 aliphatic carbocycles. The van der Waals surface area contributed by atoms with Crippen molar-refractivity contribution in [3.8, 4) is 44.1 Å². The Kier molecular flexibility index (Phi) is 25.0. The zero-order valence-electron chi connectivity index (χ0n) is 50.4. The molecule has 8 amide bonds. The van der Waals surface area contributed by atoms with Crippen molar-refractivity contribution >= 4 is 70.9 Å². The van der Waals surface area contributed by atoms with Crippen LogP contribution in [0.25, 0.3) is 21.1 Å². The maximum Gasteiger partial charge on any atom is 0.261 e. The summed E-state index contributed by atoms with van der Waals surface area (Å²) in [5.74, 6) is -10.5. The number of para-hydroxylation sites is 1. The van der Waals surface area contributed by atoms with E-state index in [9.17, 15) is 79.2 Å². The van der Waals surface area contributed by atoms with Gasteiger partial charge in [-0.05, 0) is 86.0 Å². The molecule has 4 aromatic carbocycles. The van der Waals surface area contributed by atoms with Crippen LogP contribution in [0.2, 0.25) is 0 Å². The molecule has 14 unspecified atom stereocenters. The normalized spacial score (nSPS) is 24.6. The minimum atomic E-state index is -2.53. The molecule has 94 heavy (non-hydrogen) atoms. The van der Waals surface area contributed by atoms with Crippen molar-refractivity contribution in [1.82, 2.24) is 46.6 Å². The van der Waals surface area contributed by atoms with Crippen molar-refractivity contribution in [2.45, 2.75) is 125 Å². The molecule has 3 saturated heterocycles. The number of nitrogens with zero attached hydrogens (tertiary/aromatic N) is 4. The van der Waals surface area contributed by atoms with Gasteiger partial charge in [0, 0.05) is 55.1 Å². The number of hydrogen-bond donors (Lipinski definition) is 15. The second-order valence-electron chi connectivity index (χ2n) is 22.6. The number of primary amides is 1. The van der Waals surface area contributed by atoms with Crippen LogP contribution >= 0.6 is 23.7 Å². The molecule has 4 heterocycles. The number of fused-ring (bicyclic) bond motifs is 2. The van der Waals surface area contributed by atoms with Crippen LogP contribution in [-0.4, -0.2) is 219 Å². The Morgan fingerprint density at radius 1 is 0.734 bits per heavy atom. The summed E-state index contributed by atoms with van der Waals surface area (Å²) in [6, 6.07) is 13.4. The average Bonchev–Trinajstić information content (AvgIpc) is 1.77. The quantitative estimate of drug-likeness (QED) is 0.0162. The molecule has 34 heteroatoms. The highest BCUT2D eigenvalue weighted by atomic mass is 32.2. The molecule has 32 nitrogen and oxygen atoms in total. The first-order valence-electron chi connectivity index (χ1n) is 29.6. The van der Waals surface area contributed by atoms with Crippen LogP contribution in [0, 0.1) is 5.92 Å². The van der Waals surface area contributed by atoms with Crippen LogP contribution in [0.4, 0.5) is 0 Å². The summed E-state index contributed by atoms with van der Waals surface area (Å²) in [6.45, 7) is 1.71. The topological polar surface area (TPSA) is 483 Å². The Labute approximate surface area is 544 Å². The van der Waals surface area contributed by atoms with Gasteiger partial charge in [0.15, 0.2) is 11.5 Å². The molecule has 5 aromatic rings. The maximum atomic E-state index is 14.7. The molecule has 16 N–H and O–H groups in total. The summed E-state index contributed by atoms with van der Waals surface area (Å²) in [5.41, 5.74) is 6.34. The maximum absolute atomic E-state index is 14.7. The lowest BCUT2D eigenvalue weighted by molar-refractivity contribution is -0.433. The van der Waals surface area contributed by atoms with Crippen molar-refractivity contribution in [2.24, 2.45) is 11.7 Å². The van der Waals surface area contributed by atoms with Crippen LogP contribution in [-0.2, 0) is 42.9 Å². The number of rotatable bonds is 22. The lowest BCUT2D eigenvalue weighted by Gasteiger charge is -2.34. The third kappa shape index (κ3) is 18.2. The number of phenolic OH excluding ortho intramolecular Hbond substituents is 1. The summed E-state index contributed by atoms with van der Waals surface area (Å²) < 4.78 is 20.9. The molecule has 506 valence electrons. The number of aromatic nitrogens is 2. The number of benzene rings is 4. The Morgan fingerprint density at radius 2 is 1.34 bits per heavy atom. The second-order valence-corrected chi connectivity index (χ2v) is 24.0. The summed E-state index contributed by atoms with van der Waals surface area (Å²) in [6.07, 6.45) is -14.6. The van der Waals surface area contributed by atoms with Gasteiger partial charge in [0.1, 0.15) is 70.0 Å². The van der Waals surface area contributed by atoms with Gasteiger partial charge in [0.2, 0.25) is 41.4 Å². The van der Waals surface area contributed by atoms with E-state index in [1.165, 1.54) is 30.4 Å². The number of nitrogens with two attached hydrogens (primary N) is 1. The number of hydrogen-bond acceptors (Lipinski definition) is 26. The first kappa shape index (κ1) is 71.2. The molecule has 0 radical (unpaired) electrons. The van der Waals surface area contributed by atoms with Gasteiger partial charge < -0.3 is 96.6 Å². The Bertz CT molecular complexity index is 3450. The summed E-state index contributed by atoms with van der Waals surface area (Å²) >= 11 is 1.24. The number of phenols is 1. The van der Waals surface area contributed by atoms with Gasteiger partial charge in [-0.15, -0.1) is 10.2 Å². The number of aliphatic hydroxyl groups excluding tert-OH is 7. The Balaban J connectivity index is 1.04. The molecule has 3 aliphatic rings. The van der Waals surface area contributed by atoms with Crippen molar-refractivity contribution in [3.05, 3.63) is 108 Å². The highest BCUT2D eigenvalue weighted by Crippen LogP contribution is 2.35. The lowest BCUT2D eigenvalue weighted by atomic mass is 9.96. The molecule has 14 atom stereocenters. The first-order chi connectivity index (χ1) is 44.9. The molecule has 0 bridgehead atoms.